The number of piperazine rings is 1. The maximum absolute atomic E-state index is 12.3. The fourth-order valence-corrected chi connectivity index (χ4v) is 3.42. The molecule has 0 atom stereocenters. The van der Waals surface area contributed by atoms with Gasteiger partial charge in [0.25, 0.3) is 5.56 Å². The molecule has 0 radical (unpaired) electrons. The van der Waals surface area contributed by atoms with Gasteiger partial charge in [-0.05, 0) is 13.1 Å². The summed E-state index contributed by atoms with van der Waals surface area (Å²) in [5.74, 6) is 0. The largest absolute Gasteiger partial charge is 0.326 e. The van der Waals surface area contributed by atoms with Gasteiger partial charge in [-0.3, -0.25) is 4.79 Å². The molecule has 1 aromatic heterocycles. The third kappa shape index (κ3) is 2.59. The number of H-pyrrole nitrogens is 1. The van der Waals surface area contributed by atoms with Crippen molar-refractivity contribution in [1.82, 2.24) is 14.2 Å². The number of likely N-dealkylation sites (N-methyl/N-ethyl adjacent to an activating group) is 1. The molecule has 1 fully saturated rings. The number of aromatic amines is 1. The Morgan fingerprint density at radius 3 is 2.44 bits per heavy atom. The van der Waals surface area contributed by atoms with Gasteiger partial charge in [-0.15, -0.1) is 0 Å². The zero-order valence-electron chi connectivity index (χ0n) is 9.89. The molecule has 0 aliphatic carbocycles. The van der Waals surface area contributed by atoms with Gasteiger partial charge in [0, 0.05) is 32.4 Å². The van der Waals surface area contributed by atoms with Gasteiger partial charge >= 0.3 is 0 Å². The summed E-state index contributed by atoms with van der Waals surface area (Å²) in [6, 6.07) is 1.19. The van der Waals surface area contributed by atoms with Crippen LogP contribution in [0.15, 0.2) is 22.0 Å². The summed E-state index contributed by atoms with van der Waals surface area (Å²) in [5.41, 5.74) is -0.492. The molecule has 1 aromatic rings. The molecule has 0 spiro atoms. The van der Waals surface area contributed by atoms with Crippen molar-refractivity contribution >= 4 is 21.6 Å². The van der Waals surface area contributed by atoms with Gasteiger partial charge in [0.15, 0.2) is 0 Å². The quantitative estimate of drug-likeness (QED) is 0.830. The predicted molar refractivity (Wildman–Crippen MR) is 68.3 cm³/mol. The van der Waals surface area contributed by atoms with E-state index in [1.165, 1.54) is 16.6 Å². The molecule has 18 heavy (non-hydrogen) atoms. The van der Waals surface area contributed by atoms with Crippen molar-refractivity contribution < 1.29 is 8.42 Å². The maximum atomic E-state index is 12.3. The molecule has 1 aliphatic heterocycles. The van der Waals surface area contributed by atoms with E-state index in [1.807, 2.05) is 7.05 Å². The van der Waals surface area contributed by atoms with Crippen LogP contribution in [0.4, 0.5) is 0 Å². The van der Waals surface area contributed by atoms with Crippen molar-refractivity contribution in [2.75, 3.05) is 33.2 Å². The maximum Gasteiger partial charge on any atom is 0.266 e. The summed E-state index contributed by atoms with van der Waals surface area (Å²) in [6.45, 7) is 2.26. The Labute approximate surface area is 110 Å². The van der Waals surface area contributed by atoms with Crippen LogP contribution in [0.25, 0.3) is 0 Å². The average molecular weight is 292 g/mol. The van der Waals surface area contributed by atoms with Crippen LogP contribution < -0.4 is 5.56 Å². The Kier molecular flexibility index (Phi) is 3.76. The van der Waals surface area contributed by atoms with E-state index in [4.69, 9.17) is 11.6 Å². The van der Waals surface area contributed by atoms with Crippen LogP contribution in [-0.2, 0) is 10.0 Å². The van der Waals surface area contributed by atoms with Crippen molar-refractivity contribution in [1.29, 1.82) is 0 Å². The number of nitrogens with zero attached hydrogens (tertiary/aromatic N) is 2. The second-order valence-electron chi connectivity index (χ2n) is 4.22. The highest BCUT2D eigenvalue weighted by molar-refractivity contribution is 7.89. The lowest BCUT2D eigenvalue weighted by Crippen LogP contribution is -2.47. The number of hydrogen-bond donors (Lipinski definition) is 1. The van der Waals surface area contributed by atoms with Gasteiger partial charge < -0.3 is 9.88 Å². The molecule has 0 saturated carbocycles. The minimum Gasteiger partial charge on any atom is -0.326 e. The first-order valence-electron chi connectivity index (χ1n) is 5.48. The Balaban J connectivity index is 2.30. The molecule has 2 rings (SSSR count). The van der Waals surface area contributed by atoms with Crippen LogP contribution in [0.2, 0.25) is 5.02 Å². The number of halogens is 1. The molecule has 2 heterocycles. The van der Waals surface area contributed by atoms with E-state index in [1.54, 1.807) is 0 Å². The number of sulfonamides is 1. The molecule has 100 valence electrons. The van der Waals surface area contributed by atoms with E-state index in [-0.39, 0.29) is 9.92 Å². The molecular weight excluding hydrogens is 278 g/mol. The number of hydrogen-bond acceptors (Lipinski definition) is 4. The average Bonchev–Trinajstić information content (AvgIpc) is 2.33. The highest BCUT2D eigenvalue weighted by Crippen LogP contribution is 2.17. The minimum atomic E-state index is -3.57. The van der Waals surface area contributed by atoms with Crippen molar-refractivity contribution in [3.8, 4) is 0 Å². The number of aromatic nitrogens is 1. The normalized spacial score (nSPS) is 19.0. The van der Waals surface area contributed by atoms with E-state index < -0.39 is 15.6 Å². The lowest BCUT2D eigenvalue weighted by atomic mass is 10.4. The number of rotatable bonds is 2. The van der Waals surface area contributed by atoms with E-state index in [2.05, 4.69) is 9.88 Å². The molecule has 6 nitrogen and oxygen atoms in total. The van der Waals surface area contributed by atoms with E-state index in [0.29, 0.717) is 26.2 Å². The van der Waals surface area contributed by atoms with Gasteiger partial charge in [-0.25, -0.2) is 8.42 Å². The summed E-state index contributed by atoms with van der Waals surface area (Å²) in [7, 11) is -1.63. The van der Waals surface area contributed by atoms with E-state index in [0.717, 1.165) is 0 Å². The molecule has 0 amide bonds. The van der Waals surface area contributed by atoms with Gasteiger partial charge in [0.2, 0.25) is 10.0 Å². The lowest BCUT2D eigenvalue weighted by molar-refractivity contribution is 0.222. The smallest absolute Gasteiger partial charge is 0.266 e. The van der Waals surface area contributed by atoms with Crippen LogP contribution in [0.5, 0.6) is 0 Å². The summed E-state index contributed by atoms with van der Waals surface area (Å²) >= 11 is 5.65. The molecular formula is C10H14ClN3O3S. The standard InChI is InChI=1S/C10H14ClN3O3S/c1-13-2-4-14(5-3-13)18(16,17)8-6-9(11)10(15)12-7-8/h6-7H,2-5H2,1H3,(H,12,15). The molecule has 0 aromatic carbocycles. The van der Waals surface area contributed by atoms with Crippen LogP contribution in [-0.4, -0.2) is 55.8 Å². The highest BCUT2D eigenvalue weighted by Gasteiger charge is 2.27. The van der Waals surface area contributed by atoms with Crippen LogP contribution in [0.1, 0.15) is 0 Å². The topological polar surface area (TPSA) is 73.5 Å². The second-order valence-corrected chi connectivity index (χ2v) is 6.56. The van der Waals surface area contributed by atoms with Gasteiger partial charge in [-0.2, -0.15) is 4.31 Å². The van der Waals surface area contributed by atoms with Gasteiger partial charge in [0.1, 0.15) is 5.02 Å². The first-order chi connectivity index (χ1) is 8.41. The number of nitrogens with one attached hydrogen (secondary N) is 1. The van der Waals surface area contributed by atoms with Crippen molar-refractivity contribution in [2.24, 2.45) is 0 Å². The van der Waals surface area contributed by atoms with Crippen molar-refractivity contribution in [2.45, 2.75) is 4.90 Å². The highest BCUT2D eigenvalue weighted by atomic mass is 35.5. The Morgan fingerprint density at radius 1 is 1.28 bits per heavy atom. The first kappa shape index (κ1) is 13.5. The predicted octanol–water partition coefficient (Wildman–Crippen LogP) is -0.0356. The molecule has 8 heteroatoms. The molecule has 1 N–H and O–H groups in total. The molecule has 1 aliphatic rings. The van der Waals surface area contributed by atoms with E-state index in [9.17, 15) is 13.2 Å². The van der Waals surface area contributed by atoms with Gasteiger partial charge in [-0.1, -0.05) is 11.6 Å². The third-order valence-corrected chi connectivity index (χ3v) is 5.09. The zero-order valence-corrected chi connectivity index (χ0v) is 11.5. The summed E-state index contributed by atoms with van der Waals surface area (Å²) in [6.07, 6.45) is 1.18. The lowest BCUT2D eigenvalue weighted by Gasteiger charge is -2.31. The first-order valence-corrected chi connectivity index (χ1v) is 7.30. The van der Waals surface area contributed by atoms with E-state index >= 15 is 0 Å². The molecule has 1 saturated heterocycles. The van der Waals surface area contributed by atoms with Crippen molar-refractivity contribution in [3.05, 3.63) is 27.6 Å². The summed E-state index contributed by atoms with van der Waals surface area (Å²) < 4.78 is 26.0. The van der Waals surface area contributed by atoms with Crippen molar-refractivity contribution in [3.63, 3.8) is 0 Å². The monoisotopic (exact) mass is 291 g/mol. The molecule has 0 bridgehead atoms. The third-order valence-electron chi connectivity index (χ3n) is 2.93. The van der Waals surface area contributed by atoms with Crippen LogP contribution >= 0.6 is 11.6 Å². The summed E-state index contributed by atoms with van der Waals surface area (Å²) in [4.78, 5) is 15.5. The number of pyridine rings is 1. The molecule has 0 unspecified atom stereocenters. The summed E-state index contributed by atoms with van der Waals surface area (Å²) in [5, 5.41) is -0.120. The Morgan fingerprint density at radius 2 is 1.89 bits per heavy atom. The SMILES string of the molecule is CN1CCN(S(=O)(=O)c2c[nH]c(=O)c(Cl)c2)CC1. The second kappa shape index (κ2) is 5.00. The fourth-order valence-electron chi connectivity index (χ4n) is 1.76. The minimum absolute atomic E-state index is 0.0247. The van der Waals surface area contributed by atoms with Crippen LogP contribution in [0.3, 0.4) is 0 Å². The van der Waals surface area contributed by atoms with Gasteiger partial charge in [0.05, 0.1) is 4.90 Å². The zero-order chi connectivity index (χ0) is 13.3. The Hall–Kier alpha value is -0.890. The Bertz CT molecular complexity index is 591. The fraction of sp³-hybridized carbons (Fsp3) is 0.500. The van der Waals surface area contributed by atoms with Crippen LogP contribution in [0, 0.1) is 0 Å².